The van der Waals surface area contributed by atoms with Crippen LogP contribution in [0.15, 0.2) is 65.5 Å². The molecule has 176 valence electrons. The zero-order valence-corrected chi connectivity index (χ0v) is 18.6. The van der Waals surface area contributed by atoms with Gasteiger partial charge in [0.25, 0.3) is 5.91 Å². The second kappa shape index (κ2) is 9.02. The summed E-state index contributed by atoms with van der Waals surface area (Å²) in [6.45, 7) is 0. The summed E-state index contributed by atoms with van der Waals surface area (Å²) in [5, 5.41) is 13.0. The van der Waals surface area contributed by atoms with Crippen molar-refractivity contribution in [3.63, 3.8) is 0 Å². The van der Waals surface area contributed by atoms with Crippen LogP contribution in [0.2, 0.25) is 0 Å². The molecule has 3 N–H and O–H groups in total. The van der Waals surface area contributed by atoms with Crippen LogP contribution >= 0.6 is 0 Å². The van der Waals surface area contributed by atoms with E-state index in [0.29, 0.717) is 34.4 Å². The Balaban J connectivity index is 1.47. The molecule has 0 radical (unpaired) electrons. The first kappa shape index (κ1) is 22.3. The molecular formula is C26H20F2N4O3. The molecule has 1 aliphatic rings. The third-order valence-electron chi connectivity index (χ3n) is 5.71. The number of hydrogen-bond acceptors (Lipinski definition) is 5. The second-order valence-electron chi connectivity index (χ2n) is 7.97. The van der Waals surface area contributed by atoms with Gasteiger partial charge in [0.05, 0.1) is 29.4 Å². The van der Waals surface area contributed by atoms with Crippen molar-refractivity contribution in [3.8, 4) is 17.1 Å². The van der Waals surface area contributed by atoms with Crippen LogP contribution in [0.5, 0.6) is 5.75 Å². The van der Waals surface area contributed by atoms with E-state index in [9.17, 15) is 18.7 Å². The zero-order valence-electron chi connectivity index (χ0n) is 18.6. The lowest BCUT2D eigenvalue weighted by Crippen LogP contribution is -2.13. The van der Waals surface area contributed by atoms with Crippen molar-refractivity contribution < 1.29 is 23.4 Å². The van der Waals surface area contributed by atoms with Crippen LogP contribution in [0.1, 0.15) is 28.8 Å². The van der Waals surface area contributed by atoms with E-state index < -0.39 is 17.5 Å². The van der Waals surface area contributed by atoms with Gasteiger partial charge in [0.15, 0.2) is 0 Å². The number of aromatic amines is 1. The summed E-state index contributed by atoms with van der Waals surface area (Å²) in [6, 6.07) is 12.9. The fourth-order valence-corrected chi connectivity index (χ4v) is 3.96. The van der Waals surface area contributed by atoms with Crippen molar-refractivity contribution in [2.75, 3.05) is 12.4 Å². The monoisotopic (exact) mass is 474 g/mol. The van der Waals surface area contributed by atoms with Crippen molar-refractivity contribution in [3.05, 3.63) is 83.2 Å². The van der Waals surface area contributed by atoms with Gasteiger partial charge in [0, 0.05) is 23.4 Å². The van der Waals surface area contributed by atoms with E-state index in [4.69, 9.17) is 4.74 Å². The molecule has 0 aliphatic carbocycles. The number of rotatable bonds is 5. The maximum Gasteiger partial charge on any atom is 0.255 e. The molecule has 0 bridgehead atoms. The number of phenolic OH excluding ortho intramolecular Hbond substituents is 1. The summed E-state index contributed by atoms with van der Waals surface area (Å²) in [7, 11) is 1.57. The molecule has 35 heavy (non-hydrogen) atoms. The fourth-order valence-electron chi connectivity index (χ4n) is 3.96. The number of methoxy groups -OCH3 is 1. The second-order valence-corrected chi connectivity index (χ2v) is 7.97. The Morgan fingerprint density at radius 1 is 1.11 bits per heavy atom. The van der Waals surface area contributed by atoms with Crippen LogP contribution in [0, 0.1) is 11.6 Å². The number of allylic oxidation sites excluding steroid dienone is 1. The highest BCUT2D eigenvalue weighted by molar-refractivity contribution is 6.06. The van der Waals surface area contributed by atoms with Gasteiger partial charge < -0.3 is 20.1 Å². The Morgan fingerprint density at radius 3 is 2.77 bits per heavy atom. The number of carbonyl (C=O) groups is 1. The average Bonchev–Trinajstić information content (AvgIpc) is 3.29. The molecule has 0 unspecified atom stereocenters. The number of fused-ring (bicyclic) bond motifs is 1. The summed E-state index contributed by atoms with van der Waals surface area (Å²) in [6.07, 6.45) is 3.35. The first-order chi connectivity index (χ1) is 16.9. The third kappa shape index (κ3) is 4.35. The van der Waals surface area contributed by atoms with Gasteiger partial charge in [0.1, 0.15) is 23.2 Å². The molecule has 0 fully saturated rings. The summed E-state index contributed by atoms with van der Waals surface area (Å²) in [5.41, 5.74) is 3.53. The predicted octanol–water partition coefficient (Wildman–Crippen LogP) is 5.65. The zero-order chi connectivity index (χ0) is 24.5. The Morgan fingerprint density at radius 2 is 1.97 bits per heavy atom. The number of halogens is 2. The summed E-state index contributed by atoms with van der Waals surface area (Å²) < 4.78 is 32.4. The molecule has 5 rings (SSSR count). The van der Waals surface area contributed by atoms with Gasteiger partial charge in [-0.05, 0) is 60.9 Å². The van der Waals surface area contributed by atoms with Crippen molar-refractivity contribution in [2.24, 2.45) is 4.99 Å². The number of hydrogen-bond donors (Lipinski definition) is 3. The topological polar surface area (TPSA) is 99.6 Å². The molecule has 7 nitrogen and oxygen atoms in total. The maximum absolute atomic E-state index is 13.9. The van der Waals surface area contributed by atoms with Crippen molar-refractivity contribution in [1.82, 2.24) is 9.97 Å². The van der Waals surface area contributed by atoms with Crippen molar-refractivity contribution in [1.29, 1.82) is 0 Å². The Kier molecular flexibility index (Phi) is 5.74. The molecule has 9 heteroatoms. The molecule has 4 aromatic rings. The van der Waals surface area contributed by atoms with E-state index in [1.54, 1.807) is 43.7 Å². The lowest BCUT2D eigenvalue weighted by atomic mass is 9.98. The first-order valence-electron chi connectivity index (χ1n) is 10.8. The molecule has 3 aromatic carbocycles. The van der Waals surface area contributed by atoms with E-state index >= 15 is 0 Å². The highest BCUT2D eigenvalue weighted by Gasteiger charge is 2.18. The number of ether oxygens (including phenoxy) is 1. The largest absolute Gasteiger partial charge is 0.507 e. The number of nitrogens with one attached hydrogen (secondary N) is 2. The Labute approximate surface area is 198 Å². The minimum atomic E-state index is -0.867. The number of phenols is 1. The number of imidazole rings is 1. The van der Waals surface area contributed by atoms with Crippen LogP contribution in [0.4, 0.5) is 14.5 Å². The first-order valence-corrected chi connectivity index (χ1v) is 10.8. The van der Waals surface area contributed by atoms with E-state index in [1.165, 1.54) is 0 Å². The molecule has 1 amide bonds. The van der Waals surface area contributed by atoms with Crippen LogP contribution < -0.4 is 5.32 Å². The molecule has 1 aromatic heterocycles. The number of amides is 1. The Hall–Kier alpha value is -4.53. The Bertz CT molecular complexity index is 1520. The van der Waals surface area contributed by atoms with Gasteiger partial charge in [-0.3, -0.25) is 4.79 Å². The average molecular weight is 474 g/mol. The van der Waals surface area contributed by atoms with E-state index in [-0.39, 0.29) is 17.0 Å². The standard InChI is InChI=1S/C26H20F2N4O3/c1-35-26-17(3-2-10-29-26)14-5-9-23(33)18(11-14)24-30-21-7-4-15(12-22(21)31-24)25(34)32-20-8-6-16(27)13-19(20)28/h4-13,33H,2-3H2,1H3,(H,30,31)(H,32,34). The van der Waals surface area contributed by atoms with Gasteiger partial charge in [-0.25, -0.2) is 18.8 Å². The minimum absolute atomic E-state index is 0.0384. The normalized spacial score (nSPS) is 13.3. The highest BCUT2D eigenvalue weighted by Crippen LogP contribution is 2.35. The van der Waals surface area contributed by atoms with Crippen molar-refractivity contribution in [2.45, 2.75) is 12.8 Å². The number of aliphatic imine (C=N–C) groups is 1. The highest BCUT2D eigenvalue weighted by atomic mass is 19.1. The van der Waals surface area contributed by atoms with Crippen LogP contribution in [-0.4, -0.2) is 34.3 Å². The molecule has 0 spiro atoms. The van der Waals surface area contributed by atoms with Gasteiger partial charge >= 0.3 is 0 Å². The van der Waals surface area contributed by atoms with Gasteiger partial charge in [-0.2, -0.15) is 0 Å². The van der Waals surface area contributed by atoms with Gasteiger partial charge in [0.2, 0.25) is 5.88 Å². The number of nitrogens with zero attached hydrogens (tertiary/aromatic N) is 2. The van der Waals surface area contributed by atoms with E-state index in [2.05, 4.69) is 20.3 Å². The van der Waals surface area contributed by atoms with Crippen LogP contribution in [-0.2, 0) is 4.74 Å². The van der Waals surface area contributed by atoms with Crippen molar-refractivity contribution >= 4 is 34.4 Å². The SMILES string of the molecule is COC1=C(c2ccc(O)c(-c3nc4ccc(C(=O)Nc5ccc(F)cc5F)cc4[nH]3)c2)CCC=N1. The molecule has 0 saturated carbocycles. The number of aromatic hydroxyl groups is 1. The predicted molar refractivity (Wildman–Crippen MR) is 129 cm³/mol. The quantitative estimate of drug-likeness (QED) is 0.348. The summed E-state index contributed by atoms with van der Waals surface area (Å²) >= 11 is 0. The third-order valence-corrected chi connectivity index (χ3v) is 5.71. The maximum atomic E-state index is 13.9. The molecular weight excluding hydrogens is 454 g/mol. The smallest absolute Gasteiger partial charge is 0.255 e. The molecule has 2 heterocycles. The van der Waals surface area contributed by atoms with E-state index in [0.717, 1.165) is 36.1 Å². The van der Waals surface area contributed by atoms with Gasteiger partial charge in [-0.15, -0.1) is 0 Å². The minimum Gasteiger partial charge on any atom is -0.507 e. The molecule has 0 saturated heterocycles. The molecule has 1 aliphatic heterocycles. The van der Waals surface area contributed by atoms with Crippen LogP contribution in [0.3, 0.4) is 0 Å². The van der Waals surface area contributed by atoms with Crippen LogP contribution in [0.25, 0.3) is 28.0 Å². The summed E-state index contributed by atoms with van der Waals surface area (Å²) in [5.74, 6) is -1.17. The molecule has 0 atom stereocenters. The van der Waals surface area contributed by atoms with E-state index in [1.807, 2.05) is 6.07 Å². The van der Waals surface area contributed by atoms with Gasteiger partial charge in [-0.1, -0.05) is 6.07 Å². The number of aromatic nitrogens is 2. The lowest BCUT2D eigenvalue weighted by Gasteiger charge is -2.15. The lowest BCUT2D eigenvalue weighted by molar-refractivity contribution is 0.102. The fraction of sp³-hybridized carbons (Fsp3) is 0.115. The number of H-pyrrole nitrogens is 1. The number of benzene rings is 3. The number of carbonyl (C=O) groups excluding carboxylic acids is 1. The summed E-state index contributed by atoms with van der Waals surface area (Å²) in [4.78, 5) is 24.6. The number of anilines is 1.